The van der Waals surface area contributed by atoms with Gasteiger partial charge in [0.15, 0.2) is 5.82 Å². The van der Waals surface area contributed by atoms with E-state index >= 15 is 0 Å². The molecule has 1 N–H and O–H groups in total. The van der Waals surface area contributed by atoms with Crippen LogP contribution in [0.5, 0.6) is 23.1 Å². The fraction of sp³-hybridized carbons (Fsp3) is 0.407. The van der Waals surface area contributed by atoms with Crippen LogP contribution in [-0.2, 0) is 4.74 Å². The van der Waals surface area contributed by atoms with Gasteiger partial charge in [-0.25, -0.2) is 9.78 Å². The van der Waals surface area contributed by atoms with Crippen LogP contribution < -0.4 is 19.5 Å². The van der Waals surface area contributed by atoms with E-state index in [-0.39, 0.29) is 12.1 Å². The summed E-state index contributed by atoms with van der Waals surface area (Å²) in [6.45, 7) is 6.76. The van der Waals surface area contributed by atoms with Gasteiger partial charge < -0.3 is 29.2 Å². The first kappa shape index (κ1) is 26.0. The summed E-state index contributed by atoms with van der Waals surface area (Å²) in [6, 6.07) is 9.06. The van der Waals surface area contributed by atoms with E-state index in [0.29, 0.717) is 53.3 Å². The summed E-state index contributed by atoms with van der Waals surface area (Å²) in [7, 11) is 3.18. The van der Waals surface area contributed by atoms with Gasteiger partial charge in [-0.05, 0) is 51.8 Å². The van der Waals surface area contributed by atoms with Gasteiger partial charge in [0.25, 0.3) is 0 Å². The molecule has 3 aromatic rings. The van der Waals surface area contributed by atoms with Crippen LogP contribution >= 0.6 is 0 Å². The van der Waals surface area contributed by atoms with Gasteiger partial charge in [0.1, 0.15) is 28.5 Å². The lowest BCUT2D eigenvalue weighted by atomic mass is 10.2. The van der Waals surface area contributed by atoms with Gasteiger partial charge in [0, 0.05) is 30.9 Å². The Hall–Kier alpha value is -4.08. The standard InChI is InChI=1S/C27H33N5O5/c1-27(2,3)37-26(33)32-11-7-8-19(32)15-29-23-17-30-24(18-12-22(35-5)16-28-14-18)31-25(23)36-21-10-6-9-20(13-21)34-4/h6,9-10,12-14,16-17,19,29H,7-8,11,15H2,1-5H3. The number of nitrogens with one attached hydrogen (secondary N) is 1. The van der Waals surface area contributed by atoms with Gasteiger partial charge >= 0.3 is 6.09 Å². The second-order valence-corrected chi connectivity index (χ2v) is 9.66. The summed E-state index contributed by atoms with van der Waals surface area (Å²) in [5, 5.41) is 3.38. The smallest absolute Gasteiger partial charge is 0.410 e. The molecule has 1 atom stereocenters. The molecule has 10 nitrogen and oxygen atoms in total. The lowest BCUT2D eigenvalue weighted by Gasteiger charge is -2.29. The zero-order valence-electron chi connectivity index (χ0n) is 21.9. The minimum atomic E-state index is -0.548. The third-order valence-corrected chi connectivity index (χ3v) is 5.75. The molecule has 1 aromatic carbocycles. The van der Waals surface area contributed by atoms with Crippen molar-refractivity contribution in [1.82, 2.24) is 19.9 Å². The van der Waals surface area contributed by atoms with Gasteiger partial charge in [-0.1, -0.05) is 6.07 Å². The maximum Gasteiger partial charge on any atom is 0.410 e. The molecule has 1 unspecified atom stereocenters. The van der Waals surface area contributed by atoms with E-state index in [1.54, 1.807) is 43.8 Å². The van der Waals surface area contributed by atoms with Crippen molar-refractivity contribution in [3.8, 4) is 34.5 Å². The average molecular weight is 508 g/mol. The zero-order valence-corrected chi connectivity index (χ0v) is 21.9. The maximum atomic E-state index is 12.7. The summed E-state index contributed by atoms with van der Waals surface area (Å²) in [4.78, 5) is 27.9. The van der Waals surface area contributed by atoms with Gasteiger partial charge in [-0.3, -0.25) is 4.98 Å². The van der Waals surface area contributed by atoms with Crippen molar-refractivity contribution >= 4 is 11.8 Å². The number of carbonyl (C=O) groups is 1. The van der Waals surface area contributed by atoms with Crippen molar-refractivity contribution in [2.75, 3.05) is 32.6 Å². The molecule has 37 heavy (non-hydrogen) atoms. The first-order valence-corrected chi connectivity index (χ1v) is 12.2. The minimum Gasteiger partial charge on any atom is -0.497 e. The van der Waals surface area contributed by atoms with Crippen LogP contribution in [0.4, 0.5) is 10.5 Å². The number of benzene rings is 1. The Morgan fingerprint density at radius 3 is 2.62 bits per heavy atom. The molecule has 1 amide bonds. The molecule has 1 fully saturated rings. The molecule has 1 aliphatic rings. The van der Waals surface area contributed by atoms with E-state index in [1.807, 2.05) is 45.0 Å². The Kier molecular flexibility index (Phi) is 7.95. The van der Waals surface area contributed by atoms with Crippen LogP contribution in [0.25, 0.3) is 11.4 Å². The molecule has 0 radical (unpaired) electrons. The molecule has 4 rings (SSSR count). The predicted octanol–water partition coefficient (Wildman–Crippen LogP) is 5.16. The van der Waals surface area contributed by atoms with E-state index in [4.69, 9.17) is 18.9 Å². The number of methoxy groups -OCH3 is 2. The fourth-order valence-corrected chi connectivity index (χ4v) is 3.97. The summed E-state index contributed by atoms with van der Waals surface area (Å²) in [6.07, 6.45) is 6.43. The van der Waals surface area contributed by atoms with Crippen LogP contribution in [0.3, 0.4) is 0 Å². The molecule has 10 heteroatoms. The number of pyridine rings is 1. The van der Waals surface area contributed by atoms with Crippen molar-refractivity contribution in [2.45, 2.75) is 45.3 Å². The highest BCUT2D eigenvalue weighted by Gasteiger charge is 2.32. The van der Waals surface area contributed by atoms with Crippen LogP contribution in [-0.4, -0.2) is 64.9 Å². The molecule has 0 saturated carbocycles. The van der Waals surface area contributed by atoms with Crippen molar-refractivity contribution in [1.29, 1.82) is 0 Å². The molecule has 0 bridgehead atoms. The van der Waals surface area contributed by atoms with Crippen LogP contribution in [0.1, 0.15) is 33.6 Å². The molecule has 0 aliphatic carbocycles. The van der Waals surface area contributed by atoms with E-state index in [9.17, 15) is 4.79 Å². The molecule has 3 heterocycles. The number of hydrogen-bond donors (Lipinski definition) is 1. The third-order valence-electron chi connectivity index (χ3n) is 5.75. The average Bonchev–Trinajstić information content (AvgIpc) is 3.36. The van der Waals surface area contributed by atoms with Crippen LogP contribution in [0.2, 0.25) is 0 Å². The number of aromatic nitrogens is 3. The topological polar surface area (TPSA) is 108 Å². The highest BCUT2D eigenvalue weighted by Crippen LogP contribution is 2.32. The SMILES string of the molecule is COc1cccc(Oc2nc(-c3cncc(OC)c3)ncc2NCC2CCCN2C(=O)OC(C)(C)C)c1. The number of carbonyl (C=O) groups excluding carboxylic acids is 1. The molecular weight excluding hydrogens is 474 g/mol. The lowest BCUT2D eigenvalue weighted by Crippen LogP contribution is -2.42. The number of amides is 1. The summed E-state index contributed by atoms with van der Waals surface area (Å²) in [5.41, 5.74) is 0.736. The van der Waals surface area contributed by atoms with Crippen molar-refractivity contribution in [3.63, 3.8) is 0 Å². The number of ether oxygens (including phenoxy) is 4. The molecule has 196 valence electrons. The van der Waals surface area contributed by atoms with Crippen molar-refractivity contribution in [2.24, 2.45) is 0 Å². The lowest BCUT2D eigenvalue weighted by molar-refractivity contribution is 0.0235. The van der Waals surface area contributed by atoms with E-state index in [2.05, 4.69) is 20.3 Å². The highest BCUT2D eigenvalue weighted by atomic mass is 16.6. The summed E-state index contributed by atoms with van der Waals surface area (Å²) >= 11 is 0. The van der Waals surface area contributed by atoms with E-state index in [1.165, 1.54) is 0 Å². The van der Waals surface area contributed by atoms with Crippen LogP contribution in [0.15, 0.2) is 48.9 Å². The normalized spacial score (nSPS) is 15.3. The van der Waals surface area contributed by atoms with Gasteiger partial charge in [0.2, 0.25) is 5.88 Å². The highest BCUT2D eigenvalue weighted by molar-refractivity contribution is 5.69. The van der Waals surface area contributed by atoms with E-state index < -0.39 is 5.60 Å². The quantitative estimate of drug-likeness (QED) is 0.442. The first-order chi connectivity index (χ1) is 17.8. The van der Waals surface area contributed by atoms with Gasteiger partial charge in [-0.15, -0.1) is 0 Å². The number of hydrogen-bond acceptors (Lipinski definition) is 9. The number of rotatable bonds is 8. The Balaban J connectivity index is 1.58. The van der Waals surface area contributed by atoms with Crippen molar-refractivity contribution < 1.29 is 23.7 Å². The second kappa shape index (κ2) is 11.3. The first-order valence-electron chi connectivity index (χ1n) is 12.2. The van der Waals surface area contributed by atoms with Crippen molar-refractivity contribution in [3.05, 3.63) is 48.9 Å². The minimum absolute atomic E-state index is 0.0261. The molecule has 1 saturated heterocycles. The Labute approximate surface area is 217 Å². The van der Waals surface area contributed by atoms with Gasteiger partial charge in [0.05, 0.1) is 32.7 Å². The maximum absolute atomic E-state index is 12.7. The van der Waals surface area contributed by atoms with E-state index in [0.717, 1.165) is 12.8 Å². The Morgan fingerprint density at radius 1 is 1.08 bits per heavy atom. The molecule has 1 aliphatic heterocycles. The molecule has 0 spiro atoms. The van der Waals surface area contributed by atoms with Gasteiger partial charge in [-0.2, -0.15) is 4.98 Å². The Morgan fingerprint density at radius 2 is 1.86 bits per heavy atom. The number of nitrogens with zero attached hydrogens (tertiary/aromatic N) is 4. The third kappa shape index (κ3) is 6.78. The fourth-order valence-electron chi connectivity index (χ4n) is 3.97. The predicted molar refractivity (Wildman–Crippen MR) is 139 cm³/mol. The monoisotopic (exact) mass is 507 g/mol. The zero-order chi connectivity index (χ0) is 26.4. The summed E-state index contributed by atoms with van der Waals surface area (Å²) < 4.78 is 22.4. The number of likely N-dealkylation sites (tertiary alicyclic amines) is 1. The molecular formula is C27H33N5O5. The largest absolute Gasteiger partial charge is 0.497 e. The second-order valence-electron chi connectivity index (χ2n) is 9.66. The molecule has 2 aromatic heterocycles. The Bertz CT molecular complexity index is 1230. The van der Waals surface area contributed by atoms with Crippen LogP contribution in [0, 0.1) is 0 Å². The summed E-state index contributed by atoms with van der Waals surface area (Å²) in [5.74, 6) is 2.60. The number of anilines is 1.